The van der Waals surface area contributed by atoms with Crippen LogP contribution in [0.2, 0.25) is 10.0 Å². The van der Waals surface area contributed by atoms with E-state index in [1.807, 2.05) is 0 Å². The summed E-state index contributed by atoms with van der Waals surface area (Å²) < 4.78 is 18.3. The highest BCUT2D eigenvalue weighted by molar-refractivity contribution is 6.33. The van der Waals surface area contributed by atoms with E-state index in [0.29, 0.717) is 22.0 Å². The fourth-order valence-corrected chi connectivity index (χ4v) is 3.23. The number of amides is 1. The van der Waals surface area contributed by atoms with Crippen LogP contribution in [-0.2, 0) is 14.3 Å². The van der Waals surface area contributed by atoms with Crippen LogP contribution in [0.25, 0.3) is 6.08 Å². The van der Waals surface area contributed by atoms with Crippen LogP contribution in [0.15, 0.2) is 59.3 Å². The van der Waals surface area contributed by atoms with Gasteiger partial charge in [-0.3, -0.25) is 9.69 Å². The number of carbonyl (C=O) groups is 2. The van der Waals surface area contributed by atoms with Crippen molar-refractivity contribution in [2.24, 2.45) is 0 Å². The first-order valence-electron chi connectivity index (χ1n) is 7.90. The normalized spacial score (nSPS) is 15.7. The van der Waals surface area contributed by atoms with E-state index in [9.17, 15) is 14.0 Å². The van der Waals surface area contributed by atoms with Crippen molar-refractivity contribution < 1.29 is 18.7 Å². The van der Waals surface area contributed by atoms with Gasteiger partial charge in [-0.25, -0.2) is 9.18 Å². The molecule has 138 valence electrons. The number of carbonyl (C=O) groups excluding carboxylic acids is 2. The Hall–Kier alpha value is -2.63. The van der Waals surface area contributed by atoms with E-state index in [1.165, 1.54) is 30.2 Å². The molecule has 1 aliphatic rings. The molecule has 0 fully saturated rings. The topological polar surface area (TPSA) is 46.6 Å². The largest absolute Gasteiger partial charge is 0.465 e. The van der Waals surface area contributed by atoms with Gasteiger partial charge in [0.2, 0.25) is 0 Å². The van der Waals surface area contributed by atoms with Gasteiger partial charge in [0.1, 0.15) is 5.82 Å². The number of benzene rings is 2. The number of anilines is 1. The number of ether oxygens (including phenoxy) is 1. The molecule has 0 aromatic heterocycles. The van der Waals surface area contributed by atoms with Gasteiger partial charge in [-0.1, -0.05) is 41.4 Å². The van der Waals surface area contributed by atoms with E-state index >= 15 is 0 Å². The molecule has 0 aliphatic carbocycles. The third-order valence-electron chi connectivity index (χ3n) is 4.16. The summed E-state index contributed by atoms with van der Waals surface area (Å²) >= 11 is 12.0. The average Bonchev–Trinajstić information content (AvgIpc) is 2.89. The number of allylic oxidation sites excluding steroid dienone is 1. The van der Waals surface area contributed by atoms with Crippen LogP contribution in [0, 0.1) is 5.82 Å². The summed E-state index contributed by atoms with van der Waals surface area (Å²) in [6, 6.07) is 10.8. The molecule has 2 aromatic carbocycles. The van der Waals surface area contributed by atoms with Crippen molar-refractivity contribution in [1.82, 2.24) is 0 Å². The van der Waals surface area contributed by atoms with Crippen molar-refractivity contribution >= 4 is 46.8 Å². The lowest BCUT2D eigenvalue weighted by atomic mass is 10.0. The summed E-state index contributed by atoms with van der Waals surface area (Å²) in [5.74, 6) is -1.72. The van der Waals surface area contributed by atoms with Crippen LogP contribution < -0.4 is 4.90 Å². The predicted octanol–water partition coefficient (Wildman–Crippen LogP) is 5.01. The molecule has 0 bridgehead atoms. The number of hydrogen-bond donors (Lipinski definition) is 0. The Bertz CT molecular complexity index is 1010. The molecule has 0 saturated heterocycles. The quantitative estimate of drug-likeness (QED) is 0.532. The van der Waals surface area contributed by atoms with Crippen molar-refractivity contribution in [3.8, 4) is 0 Å². The van der Waals surface area contributed by atoms with E-state index in [0.717, 1.165) is 6.07 Å². The van der Waals surface area contributed by atoms with E-state index in [-0.39, 0.29) is 16.2 Å². The molecule has 4 nitrogen and oxygen atoms in total. The number of rotatable bonds is 3. The van der Waals surface area contributed by atoms with Gasteiger partial charge in [-0.05, 0) is 42.8 Å². The first-order chi connectivity index (χ1) is 12.8. The highest BCUT2D eigenvalue weighted by Crippen LogP contribution is 2.37. The van der Waals surface area contributed by atoms with E-state index in [1.54, 1.807) is 31.2 Å². The van der Waals surface area contributed by atoms with Crippen molar-refractivity contribution in [1.29, 1.82) is 0 Å². The van der Waals surface area contributed by atoms with Gasteiger partial charge < -0.3 is 4.74 Å². The number of esters is 1. The van der Waals surface area contributed by atoms with E-state index in [4.69, 9.17) is 27.9 Å². The summed E-state index contributed by atoms with van der Waals surface area (Å²) in [6.07, 6.45) is 1.53. The Balaban J connectivity index is 2.17. The predicted molar refractivity (Wildman–Crippen MR) is 103 cm³/mol. The first-order valence-corrected chi connectivity index (χ1v) is 8.66. The zero-order chi connectivity index (χ0) is 19.7. The SMILES string of the molecule is COC(=O)C1=C(C)N(c2ccc(F)c(Cl)c2)C(=O)/C1=C\c1ccccc1Cl. The minimum Gasteiger partial charge on any atom is -0.465 e. The van der Waals surface area contributed by atoms with Gasteiger partial charge in [0, 0.05) is 10.7 Å². The maximum atomic E-state index is 13.5. The van der Waals surface area contributed by atoms with Gasteiger partial charge in [0.15, 0.2) is 0 Å². The van der Waals surface area contributed by atoms with Crippen LogP contribution in [0.3, 0.4) is 0 Å². The summed E-state index contributed by atoms with van der Waals surface area (Å²) in [5.41, 5.74) is 1.52. The second kappa shape index (κ2) is 7.55. The van der Waals surface area contributed by atoms with Crippen LogP contribution in [0.5, 0.6) is 0 Å². The van der Waals surface area contributed by atoms with Crippen molar-refractivity contribution in [2.75, 3.05) is 12.0 Å². The molecule has 0 saturated carbocycles. The lowest BCUT2D eigenvalue weighted by Gasteiger charge is -2.18. The summed E-state index contributed by atoms with van der Waals surface area (Å²) in [5, 5.41) is 0.305. The Labute approximate surface area is 165 Å². The average molecular weight is 406 g/mol. The Morgan fingerprint density at radius 1 is 1.15 bits per heavy atom. The second-order valence-electron chi connectivity index (χ2n) is 5.77. The van der Waals surface area contributed by atoms with Crippen molar-refractivity contribution in [3.05, 3.63) is 80.7 Å². The molecule has 0 N–H and O–H groups in total. The summed E-state index contributed by atoms with van der Waals surface area (Å²) in [7, 11) is 1.23. The fourth-order valence-electron chi connectivity index (χ4n) is 2.86. The van der Waals surface area contributed by atoms with E-state index < -0.39 is 17.7 Å². The number of hydrogen-bond acceptors (Lipinski definition) is 3. The third kappa shape index (κ3) is 3.48. The minimum atomic E-state index is -0.658. The molecule has 1 aliphatic heterocycles. The van der Waals surface area contributed by atoms with E-state index in [2.05, 4.69) is 0 Å². The molecule has 0 radical (unpaired) electrons. The van der Waals surface area contributed by atoms with Crippen LogP contribution in [-0.4, -0.2) is 19.0 Å². The maximum absolute atomic E-state index is 13.5. The van der Waals surface area contributed by atoms with Gasteiger partial charge in [-0.2, -0.15) is 0 Å². The highest BCUT2D eigenvalue weighted by atomic mass is 35.5. The third-order valence-corrected chi connectivity index (χ3v) is 4.79. The molecule has 1 amide bonds. The molecule has 1 heterocycles. The molecular weight excluding hydrogens is 392 g/mol. The molecule has 2 aromatic rings. The molecule has 3 rings (SSSR count). The lowest BCUT2D eigenvalue weighted by Crippen LogP contribution is -2.24. The van der Waals surface area contributed by atoms with Gasteiger partial charge in [0.25, 0.3) is 5.91 Å². The number of nitrogens with zero attached hydrogens (tertiary/aromatic N) is 1. The lowest BCUT2D eigenvalue weighted by molar-refractivity contribution is -0.136. The smallest absolute Gasteiger partial charge is 0.340 e. The van der Waals surface area contributed by atoms with Gasteiger partial charge in [0.05, 0.1) is 29.0 Å². The Kier molecular flexibility index (Phi) is 5.35. The zero-order valence-corrected chi connectivity index (χ0v) is 15.9. The number of methoxy groups -OCH3 is 1. The van der Waals surface area contributed by atoms with Crippen molar-refractivity contribution in [3.63, 3.8) is 0 Å². The second-order valence-corrected chi connectivity index (χ2v) is 6.58. The number of halogens is 3. The highest BCUT2D eigenvalue weighted by Gasteiger charge is 2.38. The zero-order valence-electron chi connectivity index (χ0n) is 14.4. The standard InChI is InChI=1S/C20H14Cl2FNO3/c1-11-18(20(26)27-2)14(9-12-5-3-4-6-15(12)21)19(25)24(11)13-7-8-17(23)16(22)10-13/h3-10H,1-2H3/b14-9-. The van der Waals surface area contributed by atoms with Crippen LogP contribution in [0.4, 0.5) is 10.1 Å². The van der Waals surface area contributed by atoms with Gasteiger partial charge in [-0.15, -0.1) is 0 Å². The summed E-state index contributed by atoms with van der Waals surface area (Å²) in [6.45, 7) is 1.61. The molecule has 27 heavy (non-hydrogen) atoms. The minimum absolute atomic E-state index is 0.114. The molecule has 0 unspecified atom stereocenters. The Morgan fingerprint density at radius 3 is 2.48 bits per heavy atom. The molecule has 7 heteroatoms. The van der Waals surface area contributed by atoms with Gasteiger partial charge >= 0.3 is 5.97 Å². The molecular formula is C20H14Cl2FNO3. The molecule has 0 atom stereocenters. The summed E-state index contributed by atoms with van der Waals surface area (Å²) in [4.78, 5) is 26.7. The monoisotopic (exact) mass is 405 g/mol. The molecule has 0 spiro atoms. The maximum Gasteiger partial charge on any atom is 0.340 e. The first kappa shape index (κ1) is 19.1. The van der Waals surface area contributed by atoms with Crippen molar-refractivity contribution in [2.45, 2.75) is 6.92 Å². The van der Waals surface area contributed by atoms with Crippen LogP contribution in [0.1, 0.15) is 12.5 Å². The fraction of sp³-hybridized carbons (Fsp3) is 0.100. The van der Waals surface area contributed by atoms with Crippen LogP contribution >= 0.6 is 23.2 Å². The Morgan fingerprint density at radius 2 is 1.85 bits per heavy atom.